The first-order valence-corrected chi connectivity index (χ1v) is 8.30. The minimum Gasteiger partial charge on any atom is -0.492 e. The Morgan fingerprint density at radius 2 is 1.88 bits per heavy atom. The lowest BCUT2D eigenvalue weighted by Gasteiger charge is -2.14. The Morgan fingerprint density at radius 3 is 2.54 bits per heavy atom. The van der Waals surface area contributed by atoms with Gasteiger partial charge in [-0.15, -0.1) is 0 Å². The number of nitrogens with one attached hydrogen (secondary N) is 1. The third kappa shape index (κ3) is 4.58. The van der Waals surface area contributed by atoms with Crippen LogP contribution in [0.3, 0.4) is 0 Å². The maximum atomic E-state index is 12.6. The number of amides is 2. The van der Waals surface area contributed by atoms with Gasteiger partial charge in [0.05, 0.1) is 23.4 Å². The minimum absolute atomic E-state index is 0.255. The summed E-state index contributed by atoms with van der Waals surface area (Å²) >= 11 is 3.36. The van der Waals surface area contributed by atoms with Gasteiger partial charge >= 0.3 is 0 Å². The van der Waals surface area contributed by atoms with E-state index >= 15 is 0 Å². The lowest BCUT2D eigenvalue weighted by Crippen LogP contribution is -2.19. The number of primary amides is 1. The maximum Gasteiger partial charge on any atom is 0.259 e. The topological polar surface area (TPSA) is 81.4 Å². The van der Waals surface area contributed by atoms with Gasteiger partial charge in [0.1, 0.15) is 5.75 Å². The van der Waals surface area contributed by atoms with Crippen molar-refractivity contribution in [1.82, 2.24) is 0 Å². The fourth-order valence-corrected chi connectivity index (χ4v) is 2.42. The van der Waals surface area contributed by atoms with E-state index in [1.807, 2.05) is 19.9 Å². The predicted octanol–water partition coefficient (Wildman–Crippen LogP) is 3.84. The van der Waals surface area contributed by atoms with Gasteiger partial charge in [0.2, 0.25) is 0 Å². The van der Waals surface area contributed by atoms with Crippen molar-refractivity contribution >= 4 is 33.4 Å². The number of carbonyl (C=O) groups excluding carboxylic acids is 2. The molecule has 2 aromatic rings. The van der Waals surface area contributed by atoms with Gasteiger partial charge < -0.3 is 15.8 Å². The minimum atomic E-state index is -0.601. The molecule has 0 radical (unpaired) electrons. The van der Waals surface area contributed by atoms with Crippen LogP contribution in [0.1, 0.15) is 34.6 Å². The summed E-state index contributed by atoms with van der Waals surface area (Å²) < 4.78 is 6.47. The Labute approximate surface area is 149 Å². The van der Waals surface area contributed by atoms with Crippen molar-refractivity contribution in [3.05, 3.63) is 58.1 Å². The van der Waals surface area contributed by atoms with Crippen LogP contribution in [0, 0.1) is 5.92 Å². The maximum absolute atomic E-state index is 12.6. The third-order valence-corrected chi connectivity index (χ3v) is 3.69. The van der Waals surface area contributed by atoms with Crippen LogP contribution >= 0.6 is 15.9 Å². The van der Waals surface area contributed by atoms with E-state index in [2.05, 4.69) is 21.2 Å². The highest BCUT2D eigenvalue weighted by atomic mass is 79.9. The molecule has 0 bridgehead atoms. The number of anilines is 1. The number of hydrogen-bond donors (Lipinski definition) is 2. The van der Waals surface area contributed by atoms with Gasteiger partial charge in [0.15, 0.2) is 0 Å². The SMILES string of the molecule is CC(C)COc1ccc(Br)cc1C(=O)Nc1ccccc1C(N)=O. The summed E-state index contributed by atoms with van der Waals surface area (Å²) in [6.45, 7) is 4.56. The molecule has 2 aromatic carbocycles. The molecule has 0 saturated heterocycles. The largest absolute Gasteiger partial charge is 0.492 e. The highest BCUT2D eigenvalue weighted by Crippen LogP contribution is 2.25. The Hall–Kier alpha value is -2.34. The fourth-order valence-electron chi connectivity index (χ4n) is 2.06. The zero-order chi connectivity index (χ0) is 17.7. The molecule has 126 valence electrons. The first-order chi connectivity index (χ1) is 11.4. The van der Waals surface area contributed by atoms with Gasteiger partial charge in [-0.25, -0.2) is 0 Å². The highest BCUT2D eigenvalue weighted by Gasteiger charge is 2.16. The monoisotopic (exact) mass is 390 g/mol. The van der Waals surface area contributed by atoms with Crippen LogP contribution in [0.15, 0.2) is 46.9 Å². The van der Waals surface area contributed by atoms with Crippen molar-refractivity contribution in [3.63, 3.8) is 0 Å². The van der Waals surface area contributed by atoms with Crippen molar-refractivity contribution in [2.24, 2.45) is 11.7 Å². The van der Waals surface area contributed by atoms with E-state index in [9.17, 15) is 9.59 Å². The Balaban J connectivity index is 2.29. The van der Waals surface area contributed by atoms with Crippen molar-refractivity contribution in [2.45, 2.75) is 13.8 Å². The second-order valence-electron chi connectivity index (χ2n) is 5.71. The molecule has 0 aliphatic heterocycles. The van der Waals surface area contributed by atoms with Gasteiger partial charge in [0, 0.05) is 4.47 Å². The molecule has 2 rings (SSSR count). The van der Waals surface area contributed by atoms with E-state index in [1.54, 1.807) is 36.4 Å². The van der Waals surface area contributed by atoms with Crippen LogP contribution in [-0.2, 0) is 0 Å². The number of carbonyl (C=O) groups is 2. The average molecular weight is 391 g/mol. The number of rotatable bonds is 6. The molecule has 6 heteroatoms. The molecule has 2 amide bonds. The van der Waals surface area contributed by atoms with Crippen molar-refractivity contribution < 1.29 is 14.3 Å². The zero-order valence-corrected chi connectivity index (χ0v) is 15.1. The molecule has 0 spiro atoms. The molecular weight excluding hydrogens is 372 g/mol. The standard InChI is InChI=1S/C18H19BrN2O3/c1-11(2)10-24-16-8-7-12(19)9-14(16)18(23)21-15-6-4-3-5-13(15)17(20)22/h3-9,11H,10H2,1-2H3,(H2,20,22)(H,21,23). The second-order valence-corrected chi connectivity index (χ2v) is 6.62. The normalized spacial score (nSPS) is 10.5. The lowest BCUT2D eigenvalue weighted by molar-refractivity contribution is 0.100. The van der Waals surface area contributed by atoms with E-state index in [-0.39, 0.29) is 11.5 Å². The van der Waals surface area contributed by atoms with Crippen molar-refractivity contribution in [3.8, 4) is 5.75 Å². The summed E-state index contributed by atoms with van der Waals surface area (Å²) in [5.41, 5.74) is 6.34. The summed E-state index contributed by atoms with van der Waals surface area (Å²) in [5.74, 6) is -0.152. The molecule has 0 atom stereocenters. The molecule has 5 nitrogen and oxygen atoms in total. The van der Waals surface area contributed by atoms with Crippen LogP contribution in [0.25, 0.3) is 0 Å². The first kappa shape index (κ1) is 18.0. The fraction of sp³-hybridized carbons (Fsp3) is 0.222. The van der Waals surface area contributed by atoms with Gasteiger partial charge in [-0.3, -0.25) is 9.59 Å². The molecular formula is C18H19BrN2O3. The van der Waals surface area contributed by atoms with Crippen LogP contribution in [-0.4, -0.2) is 18.4 Å². The zero-order valence-electron chi connectivity index (χ0n) is 13.5. The third-order valence-electron chi connectivity index (χ3n) is 3.20. The van der Waals surface area contributed by atoms with Crippen LogP contribution in [0.2, 0.25) is 0 Å². The highest BCUT2D eigenvalue weighted by molar-refractivity contribution is 9.10. The molecule has 0 aliphatic rings. The van der Waals surface area contributed by atoms with Crippen molar-refractivity contribution in [1.29, 1.82) is 0 Å². The van der Waals surface area contributed by atoms with Crippen LogP contribution < -0.4 is 15.8 Å². The molecule has 0 aromatic heterocycles. The van der Waals surface area contributed by atoms with Gasteiger partial charge in [-0.1, -0.05) is 41.9 Å². The van der Waals surface area contributed by atoms with E-state index in [0.717, 1.165) is 4.47 Å². The van der Waals surface area contributed by atoms with E-state index in [4.69, 9.17) is 10.5 Å². The molecule has 0 unspecified atom stereocenters. The quantitative estimate of drug-likeness (QED) is 0.785. The Bertz CT molecular complexity index is 760. The summed E-state index contributed by atoms with van der Waals surface area (Å²) in [6.07, 6.45) is 0. The second kappa shape index (κ2) is 7.97. The summed E-state index contributed by atoms with van der Waals surface area (Å²) in [6, 6.07) is 11.8. The van der Waals surface area contributed by atoms with E-state index in [0.29, 0.717) is 29.5 Å². The Morgan fingerprint density at radius 1 is 1.17 bits per heavy atom. The number of benzene rings is 2. The number of hydrogen-bond acceptors (Lipinski definition) is 3. The number of para-hydroxylation sites is 1. The predicted molar refractivity (Wildman–Crippen MR) is 97.4 cm³/mol. The van der Waals surface area contributed by atoms with Gasteiger partial charge in [0.25, 0.3) is 11.8 Å². The van der Waals surface area contributed by atoms with Gasteiger partial charge in [-0.2, -0.15) is 0 Å². The molecule has 0 aliphatic carbocycles. The van der Waals surface area contributed by atoms with E-state index < -0.39 is 5.91 Å². The van der Waals surface area contributed by atoms with E-state index in [1.165, 1.54) is 0 Å². The molecule has 0 fully saturated rings. The molecule has 3 N–H and O–H groups in total. The number of nitrogens with two attached hydrogens (primary N) is 1. The van der Waals surface area contributed by atoms with Crippen LogP contribution in [0.5, 0.6) is 5.75 Å². The lowest BCUT2D eigenvalue weighted by atomic mass is 10.1. The number of halogens is 1. The molecule has 24 heavy (non-hydrogen) atoms. The number of ether oxygens (including phenoxy) is 1. The summed E-state index contributed by atoms with van der Waals surface area (Å²) in [5, 5.41) is 2.72. The van der Waals surface area contributed by atoms with Crippen molar-refractivity contribution in [2.75, 3.05) is 11.9 Å². The average Bonchev–Trinajstić information content (AvgIpc) is 2.53. The Kier molecular flexibility index (Phi) is 5.98. The molecule has 0 saturated carbocycles. The first-order valence-electron chi connectivity index (χ1n) is 7.51. The van der Waals surface area contributed by atoms with Crippen LogP contribution in [0.4, 0.5) is 5.69 Å². The summed E-state index contributed by atoms with van der Waals surface area (Å²) in [4.78, 5) is 24.1. The van der Waals surface area contributed by atoms with Gasteiger partial charge in [-0.05, 0) is 36.2 Å². The smallest absolute Gasteiger partial charge is 0.259 e. The molecule has 0 heterocycles. The summed E-state index contributed by atoms with van der Waals surface area (Å²) in [7, 11) is 0.